The second-order valence-electron chi connectivity index (χ2n) is 7.18. The van der Waals surface area contributed by atoms with Gasteiger partial charge in [0.1, 0.15) is 0 Å². The summed E-state index contributed by atoms with van der Waals surface area (Å²) in [7, 11) is 0. The van der Waals surface area contributed by atoms with Gasteiger partial charge in [-0.1, -0.05) is 60.1 Å². The van der Waals surface area contributed by atoms with Crippen molar-refractivity contribution in [3.8, 4) is 0 Å². The zero-order chi connectivity index (χ0) is 20.0. The Hall–Kier alpha value is -3.19. The molecule has 0 saturated carbocycles. The summed E-state index contributed by atoms with van der Waals surface area (Å²) in [5.74, 6) is 0.0852. The summed E-state index contributed by atoms with van der Waals surface area (Å²) in [5, 5.41) is 8.57. The molecule has 1 aromatic heterocycles. The van der Waals surface area contributed by atoms with Gasteiger partial charge in [0.15, 0.2) is 0 Å². The fraction of sp³-hybridized carbons (Fsp3) is 0.238. The molecule has 1 N–H and O–H groups in total. The number of hydrogen-bond donors (Lipinski definition) is 1. The van der Waals surface area contributed by atoms with Gasteiger partial charge in [-0.2, -0.15) is 4.98 Å². The van der Waals surface area contributed by atoms with Crippen LogP contribution in [0.2, 0.25) is 5.02 Å². The lowest BCUT2D eigenvalue weighted by molar-refractivity contribution is -0.121. The summed E-state index contributed by atoms with van der Waals surface area (Å²) in [6, 6.07) is 17.5. The predicted octanol–water partition coefficient (Wildman–Crippen LogP) is 3.73. The van der Waals surface area contributed by atoms with Crippen LogP contribution in [-0.2, 0) is 9.59 Å². The molecule has 29 heavy (non-hydrogen) atoms. The average molecular weight is 408 g/mol. The minimum atomic E-state index is -0.271. The van der Waals surface area contributed by atoms with Crippen molar-refractivity contribution in [2.75, 3.05) is 10.2 Å². The molecule has 3 heterocycles. The minimum absolute atomic E-state index is 0.00740. The minimum Gasteiger partial charge on any atom is -0.347 e. The van der Waals surface area contributed by atoms with Crippen LogP contribution in [-0.4, -0.2) is 26.6 Å². The lowest BCUT2D eigenvalue weighted by Gasteiger charge is -2.32. The molecule has 2 atom stereocenters. The summed E-state index contributed by atoms with van der Waals surface area (Å²) >= 11 is 6.50. The number of carbonyl (C=O) groups excluding carboxylic acids is 2. The largest absolute Gasteiger partial charge is 0.347 e. The highest BCUT2D eigenvalue weighted by Gasteiger charge is 2.37. The number of amides is 2. The molecule has 2 aliphatic heterocycles. The lowest BCUT2D eigenvalue weighted by atomic mass is 9.93. The van der Waals surface area contributed by atoms with Gasteiger partial charge in [-0.15, -0.1) is 5.10 Å². The first-order chi connectivity index (χ1) is 14.1. The van der Waals surface area contributed by atoms with Crippen molar-refractivity contribution in [3.63, 3.8) is 0 Å². The zero-order valence-corrected chi connectivity index (χ0v) is 16.2. The molecule has 0 spiro atoms. The summed E-state index contributed by atoms with van der Waals surface area (Å²) in [6.45, 7) is 0. The number of aromatic nitrogens is 3. The molecule has 7 nitrogen and oxygen atoms in total. The van der Waals surface area contributed by atoms with Crippen LogP contribution in [0.3, 0.4) is 0 Å². The molecule has 0 bridgehead atoms. The van der Waals surface area contributed by atoms with Gasteiger partial charge in [-0.3, -0.25) is 9.59 Å². The number of fused-ring (bicyclic) bond motifs is 1. The molecular weight excluding hydrogens is 390 g/mol. The number of nitrogens with zero attached hydrogens (tertiary/aromatic N) is 4. The van der Waals surface area contributed by atoms with Gasteiger partial charge in [-0.25, -0.2) is 9.58 Å². The van der Waals surface area contributed by atoms with Gasteiger partial charge >= 0.3 is 0 Å². The van der Waals surface area contributed by atoms with E-state index in [1.807, 2.05) is 42.5 Å². The molecule has 3 aromatic rings. The molecule has 2 aliphatic rings. The van der Waals surface area contributed by atoms with Crippen LogP contribution in [0, 0.1) is 0 Å². The number of hydrogen-bond acceptors (Lipinski definition) is 5. The summed E-state index contributed by atoms with van der Waals surface area (Å²) < 4.78 is 1.73. The van der Waals surface area contributed by atoms with Gasteiger partial charge < -0.3 is 5.32 Å². The Morgan fingerprint density at radius 2 is 1.66 bits per heavy atom. The molecule has 146 valence electrons. The Labute approximate surface area is 172 Å². The van der Waals surface area contributed by atoms with Crippen molar-refractivity contribution in [1.29, 1.82) is 0 Å². The Morgan fingerprint density at radius 1 is 0.966 bits per heavy atom. The molecule has 2 amide bonds. The van der Waals surface area contributed by atoms with Crippen LogP contribution in [0.25, 0.3) is 0 Å². The molecule has 1 saturated heterocycles. The van der Waals surface area contributed by atoms with Crippen molar-refractivity contribution in [1.82, 2.24) is 14.8 Å². The summed E-state index contributed by atoms with van der Waals surface area (Å²) in [5.41, 5.74) is 2.04. The maximum Gasteiger partial charge on any atom is 0.260 e. The number of anilines is 2. The van der Waals surface area contributed by atoms with Crippen molar-refractivity contribution in [2.45, 2.75) is 31.3 Å². The molecule has 1 fully saturated rings. The highest BCUT2D eigenvalue weighted by atomic mass is 35.5. The van der Waals surface area contributed by atoms with Crippen LogP contribution >= 0.6 is 11.6 Å². The molecule has 2 aromatic carbocycles. The van der Waals surface area contributed by atoms with E-state index in [0.29, 0.717) is 17.4 Å². The van der Waals surface area contributed by atoms with E-state index in [9.17, 15) is 9.59 Å². The Kier molecular flexibility index (Phi) is 4.32. The smallest absolute Gasteiger partial charge is 0.260 e. The van der Waals surface area contributed by atoms with Crippen molar-refractivity contribution < 1.29 is 9.59 Å². The van der Waals surface area contributed by atoms with Crippen molar-refractivity contribution in [2.24, 2.45) is 0 Å². The van der Waals surface area contributed by atoms with E-state index >= 15 is 0 Å². The highest BCUT2D eigenvalue weighted by molar-refractivity contribution is 6.31. The van der Waals surface area contributed by atoms with E-state index in [0.717, 1.165) is 16.0 Å². The first-order valence-corrected chi connectivity index (χ1v) is 9.88. The Morgan fingerprint density at radius 3 is 2.38 bits per heavy atom. The van der Waals surface area contributed by atoms with Crippen LogP contribution < -0.4 is 10.2 Å². The number of benzene rings is 2. The topological polar surface area (TPSA) is 80.1 Å². The third-order valence-electron chi connectivity index (χ3n) is 5.40. The summed E-state index contributed by atoms with van der Waals surface area (Å²) in [4.78, 5) is 29.9. The predicted molar refractivity (Wildman–Crippen MR) is 109 cm³/mol. The summed E-state index contributed by atoms with van der Waals surface area (Å²) in [6.07, 6.45) is 1.08. The van der Waals surface area contributed by atoms with E-state index in [-0.39, 0.29) is 42.7 Å². The number of halogens is 1. The quantitative estimate of drug-likeness (QED) is 0.669. The first kappa shape index (κ1) is 17.9. The molecular formula is C21H18ClN5O2. The van der Waals surface area contributed by atoms with E-state index in [1.54, 1.807) is 4.68 Å². The van der Waals surface area contributed by atoms with E-state index < -0.39 is 0 Å². The molecule has 8 heteroatoms. The maximum atomic E-state index is 12.2. The second-order valence-corrected chi connectivity index (χ2v) is 7.59. The van der Waals surface area contributed by atoms with Crippen LogP contribution in [0.5, 0.6) is 0 Å². The van der Waals surface area contributed by atoms with Gasteiger partial charge in [-0.05, 0) is 23.6 Å². The first-order valence-electron chi connectivity index (χ1n) is 9.50. The highest BCUT2D eigenvalue weighted by Crippen LogP contribution is 2.40. The fourth-order valence-electron chi connectivity index (χ4n) is 3.97. The van der Waals surface area contributed by atoms with E-state index in [4.69, 9.17) is 11.6 Å². The van der Waals surface area contributed by atoms with Gasteiger partial charge in [0.2, 0.25) is 17.8 Å². The average Bonchev–Trinajstić information content (AvgIpc) is 3.30. The molecule has 0 unspecified atom stereocenters. The maximum absolute atomic E-state index is 12.2. The van der Waals surface area contributed by atoms with Gasteiger partial charge in [0.25, 0.3) is 5.95 Å². The Bertz CT molecular complexity index is 1080. The van der Waals surface area contributed by atoms with E-state index in [1.165, 1.54) is 0 Å². The van der Waals surface area contributed by atoms with Crippen LogP contribution in [0.15, 0.2) is 54.6 Å². The number of imide groups is 1. The SMILES string of the molecule is O=C1CCC(=O)N1c1nc2n(n1)[C@H](c1ccccc1Cl)C[C@H](c1ccccc1)N2. The van der Waals surface area contributed by atoms with Gasteiger partial charge in [0, 0.05) is 17.9 Å². The van der Waals surface area contributed by atoms with E-state index in [2.05, 4.69) is 27.5 Å². The Balaban J connectivity index is 1.61. The monoisotopic (exact) mass is 407 g/mol. The normalized spacial score (nSPS) is 21.2. The number of carbonyl (C=O) groups is 2. The molecule has 0 radical (unpaired) electrons. The standard InChI is InChI=1S/C21H18ClN5O2/c22-15-9-5-4-8-14(15)17-12-16(13-6-2-1-3-7-13)23-20-24-21(25-27(17)20)26-18(28)10-11-19(26)29/h1-9,16-17H,10-12H2,(H,23,24,25)/t16-,17+/m1/s1. The third-order valence-corrected chi connectivity index (χ3v) is 5.74. The third kappa shape index (κ3) is 3.07. The number of nitrogens with one attached hydrogen (secondary N) is 1. The van der Waals surface area contributed by atoms with Crippen molar-refractivity contribution >= 4 is 35.3 Å². The van der Waals surface area contributed by atoms with Crippen molar-refractivity contribution in [3.05, 3.63) is 70.7 Å². The second kappa shape index (κ2) is 7.00. The fourth-order valence-corrected chi connectivity index (χ4v) is 4.23. The van der Waals surface area contributed by atoms with Crippen LogP contribution in [0.1, 0.15) is 42.5 Å². The molecule has 5 rings (SSSR count). The number of rotatable bonds is 3. The molecule has 0 aliphatic carbocycles. The van der Waals surface area contributed by atoms with Gasteiger partial charge in [0.05, 0.1) is 12.1 Å². The van der Waals surface area contributed by atoms with Crippen LogP contribution in [0.4, 0.5) is 11.9 Å². The lowest BCUT2D eigenvalue weighted by Crippen LogP contribution is -2.30. The zero-order valence-electron chi connectivity index (χ0n) is 15.5.